The van der Waals surface area contributed by atoms with Crippen LogP contribution in [0, 0.1) is 0 Å². The highest BCUT2D eigenvalue weighted by atomic mass is 35.5. The van der Waals surface area contributed by atoms with Crippen LogP contribution in [-0.4, -0.2) is 41.9 Å². The molecule has 0 bridgehead atoms. The van der Waals surface area contributed by atoms with Gasteiger partial charge in [0.05, 0.1) is 25.6 Å². The number of rotatable bonds is 5. The molecule has 0 saturated carbocycles. The van der Waals surface area contributed by atoms with Crippen molar-refractivity contribution in [3.05, 3.63) is 49.6 Å². The highest BCUT2D eigenvalue weighted by molar-refractivity contribution is 7.12. The van der Waals surface area contributed by atoms with Gasteiger partial charge in [0.15, 0.2) is 6.61 Å². The van der Waals surface area contributed by atoms with Crippen molar-refractivity contribution in [1.29, 1.82) is 0 Å². The van der Waals surface area contributed by atoms with Crippen LogP contribution in [-0.2, 0) is 14.3 Å². The van der Waals surface area contributed by atoms with Crippen LogP contribution in [0.1, 0.15) is 22.5 Å². The number of thiophene rings is 1. The molecule has 2 aromatic rings. The number of likely N-dealkylation sites (tertiary alicyclic amines) is 1. The van der Waals surface area contributed by atoms with Crippen LogP contribution in [0.25, 0.3) is 0 Å². The highest BCUT2D eigenvalue weighted by Crippen LogP contribution is 2.32. The molecule has 6 nitrogen and oxygen atoms in total. The zero-order valence-electron chi connectivity index (χ0n) is 14.4. The second-order valence-electron chi connectivity index (χ2n) is 6.04. The number of nitrogens with one attached hydrogen (secondary N) is 1. The topological polar surface area (TPSA) is 75.7 Å². The molecule has 1 aliphatic rings. The predicted octanol–water partition coefficient (Wildman–Crippen LogP) is 4.49. The number of hydrogen-bond donors (Lipinski definition) is 1. The van der Waals surface area contributed by atoms with Gasteiger partial charge in [-0.05, 0) is 36.4 Å². The number of hydrogen-bond acceptors (Lipinski definition) is 5. The SMILES string of the molecule is O=C(COC(=O)[C@@H]1CCCN1C(=O)c1cccs1)Nc1cc(Cl)c(Cl)cc1Cl. The van der Waals surface area contributed by atoms with Crippen molar-refractivity contribution in [2.45, 2.75) is 18.9 Å². The fraction of sp³-hybridized carbons (Fsp3) is 0.278. The minimum atomic E-state index is -0.698. The number of halogens is 3. The van der Waals surface area contributed by atoms with Crippen LogP contribution in [0.3, 0.4) is 0 Å². The summed E-state index contributed by atoms with van der Waals surface area (Å²) in [7, 11) is 0. The van der Waals surface area contributed by atoms with Gasteiger partial charge in [-0.1, -0.05) is 40.9 Å². The summed E-state index contributed by atoms with van der Waals surface area (Å²) in [4.78, 5) is 39.0. The molecule has 0 spiro atoms. The van der Waals surface area contributed by atoms with Crippen molar-refractivity contribution in [2.75, 3.05) is 18.5 Å². The molecule has 10 heteroatoms. The van der Waals surface area contributed by atoms with E-state index in [1.807, 2.05) is 0 Å². The van der Waals surface area contributed by atoms with Crippen molar-refractivity contribution < 1.29 is 19.1 Å². The zero-order chi connectivity index (χ0) is 20.3. The molecule has 1 fully saturated rings. The van der Waals surface area contributed by atoms with Gasteiger partial charge in [0.2, 0.25) is 0 Å². The van der Waals surface area contributed by atoms with Crippen molar-refractivity contribution in [1.82, 2.24) is 4.90 Å². The summed E-state index contributed by atoms with van der Waals surface area (Å²) in [6.07, 6.45) is 1.19. The highest BCUT2D eigenvalue weighted by Gasteiger charge is 2.36. The molecule has 1 aromatic carbocycles. The van der Waals surface area contributed by atoms with Crippen LogP contribution >= 0.6 is 46.1 Å². The Labute approximate surface area is 180 Å². The molecule has 28 heavy (non-hydrogen) atoms. The van der Waals surface area contributed by atoms with E-state index in [-0.39, 0.29) is 26.7 Å². The Balaban J connectivity index is 1.56. The van der Waals surface area contributed by atoms with E-state index in [2.05, 4.69) is 5.32 Å². The van der Waals surface area contributed by atoms with Crippen molar-refractivity contribution in [3.8, 4) is 0 Å². The Morgan fingerprint density at radius 2 is 1.93 bits per heavy atom. The van der Waals surface area contributed by atoms with E-state index in [0.29, 0.717) is 24.3 Å². The Kier molecular flexibility index (Phi) is 6.82. The van der Waals surface area contributed by atoms with Crippen LogP contribution in [0.5, 0.6) is 0 Å². The van der Waals surface area contributed by atoms with E-state index in [1.54, 1.807) is 17.5 Å². The summed E-state index contributed by atoms with van der Waals surface area (Å²) in [6.45, 7) is -0.0332. The van der Waals surface area contributed by atoms with Gasteiger partial charge in [0.25, 0.3) is 11.8 Å². The van der Waals surface area contributed by atoms with Crippen molar-refractivity contribution in [2.24, 2.45) is 0 Å². The summed E-state index contributed by atoms with van der Waals surface area (Å²) >= 11 is 19.1. The summed E-state index contributed by atoms with van der Waals surface area (Å²) in [5.41, 5.74) is 0.257. The van der Waals surface area contributed by atoms with E-state index < -0.39 is 24.5 Å². The third kappa shape index (κ3) is 4.78. The summed E-state index contributed by atoms with van der Waals surface area (Å²) in [6, 6.07) is 5.60. The Hall–Kier alpha value is -1.80. The van der Waals surface area contributed by atoms with Crippen molar-refractivity contribution >= 4 is 69.6 Å². The maximum atomic E-state index is 12.5. The molecule has 0 aliphatic carbocycles. The number of benzene rings is 1. The third-order valence-electron chi connectivity index (χ3n) is 4.15. The Bertz CT molecular complexity index is 904. The van der Waals surface area contributed by atoms with Crippen LogP contribution in [0.15, 0.2) is 29.6 Å². The predicted molar refractivity (Wildman–Crippen MR) is 109 cm³/mol. The molecule has 0 radical (unpaired) electrons. The molecule has 3 rings (SSSR count). The second kappa shape index (κ2) is 9.13. The van der Waals surface area contributed by atoms with E-state index in [4.69, 9.17) is 39.5 Å². The van der Waals surface area contributed by atoms with Crippen LogP contribution in [0.2, 0.25) is 15.1 Å². The van der Waals surface area contributed by atoms with Gasteiger partial charge in [-0.2, -0.15) is 0 Å². The first kappa shape index (κ1) is 20.9. The third-order valence-corrected chi connectivity index (χ3v) is 6.04. The minimum absolute atomic E-state index is 0.206. The van der Waals surface area contributed by atoms with Crippen LogP contribution in [0.4, 0.5) is 5.69 Å². The molecule has 1 aromatic heterocycles. The molecule has 2 amide bonds. The number of carbonyl (C=O) groups is 3. The molecule has 0 unspecified atom stereocenters. The lowest BCUT2D eigenvalue weighted by Crippen LogP contribution is -2.41. The molecule has 1 atom stereocenters. The zero-order valence-corrected chi connectivity index (χ0v) is 17.5. The standard InChI is InChI=1S/C18H15Cl3N2O4S/c19-10-7-12(21)13(8-11(10)20)22-16(24)9-27-18(26)14-3-1-5-23(14)17(25)15-4-2-6-28-15/h2,4,6-8,14H,1,3,5,9H2,(H,22,24)/t14-/m0/s1. The van der Waals surface area contributed by atoms with Gasteiger partial charge in [-0.3, -0.25) is 9.59 Å². The van der Waals surface area contributed by atoms with Crippen LogP contribution < -0.4 is 5.32 Å². The largest absolute Gasteiger partial charge is 0.454 e. The van der Waals surface area contributed by atoms with E-state index >= 15 is 0 Å². The lowest BCUT2D eigenvalue weighted by Gasteiger charge is -2.22. The number of amides is 2. The molecule has 1 N–H and O–H groups in total. The fourth-order valence-corrected chi connectivity index (χ4v) is 4.11. The molecular weight excluding hydrogens is 447 g/mol. The number of anilines is 1. The lowest BCUT2D eigenvalue weighted by molar-refractivity contribution is -0.151. The van der Waals surface area contributed by atoms with E-state index in [9.17, 15) is 14.4 Å². The quantitative estimate of drug-likeness (QED) is 0.526. The fourth-order valence-electron chi connectivity index (χ4n) is 2.83. The maximum Gasteiger partial charge on any atom is 0.329 e. The number of nitrogens with zero attached hydrogens (tertiary/aromatic N) is 1. The minimum Gasteiger partial charge on any atom is -0.454 e. The molecule has 148 valence electrons. The molecule has 2 heterocycles. The normalized spacial score (nSPS) is 16.1. The first-order chi connectivity index (χ1) is 13.4. The average Bonchev–Trinajstić information content (AvgIpc) is 3.35. The average molecular weight is 462 g/mol. The smallest absolute Gasteiger partial charge is 0.329 e. The van der Waals surface area contributed by atoms with Gasteiger partial charge >= 0.3 is 5.97 Å². The van der Waals surface area contributed by atoms with Gasteiger partial charge in [-0.25, -0.2) is 4.79 Å². The van der Waals surface area contributed by atoms with Crippen molar-refractivity contribution in [3.63, 3.8) is 0 Å². The molecule has 1 aliphatic heterocycles. The summed E-state index contributed by atoms with van der Waals surface area (Å²) < 4.78 is 5.11. The lowest BCUT2D eigenvalue weighted by atomic mass is 10.2. The van der Waals surface area contributed by atoms with E-state index in [0.717, 1.165) is 0 Å². The molecule has 1 saturated heterocycles. The number of carbonyl (C=O) groups excluding carboxylic acids is 3. The van der Waals surface area contributed by atoms with Gasteiger partial charge < -0.3 is 15.0 Å². The maximum absolute atomic E-state index is 12.5. The van der Waals surface area contributed by atoms with Gasteiger partial charge in [0.1, 0.15) is 6.04 Å². The monoisotopic (exact) mass is 460 g/mol. The first-order valence-electron chi connectivity index (χ1n) is 8.32. The molecular formula is C18H15Cl3N2O4S. The van der Waals surface area contributed by atoms with E-state index in [1.165, 1.54) is 28.4 Å². The second-order valence-corrected chi connectivity index (χ2v) is 8.21. The van der Waals surface area contributed by atoms with Gasteiger partial charge in [0, 0.05) is 6.54 Å². The summed E-state index contributed by atoms with van der Waals surface area (Å²) in [5.74, 6) is -1.40. The number of esters is 1. The first-order valence-corrected chi connectivity index (χ1v) is 10.3. The summed E-state index contributed by atoms with van der Waals surface area (Å²) in [5, 5.41) is 5.00. The Morgan fingerprint density at radius 3 is 2.64 bits per heavy atom. The Morgan fingerprint density at radius 1 is 1.18 bits per heavy atom. The number of ether oxygens (including phenoxy) is 1. The van der Waals surface area contributed by atoms with Gasteiger partial charge in [-0.15, -0.1) is 11.3 Å².